The maximum atomic E-state index is 12.2. The molecule has 122 valence electrons. The largest absolute Gasteiger partial charge is 0.453 e. The van der Waals surface area contributed by atoms with Crippen LogP contribution in [0.2, 0.25) is 0 Å². The Hall–Kier alpha value is -2.50. The number of carbonyl (C=O) groups excluding carboxylic acids is 1. The van der Waals surface area contributed by atoms with E-state index in [0.29, 0.717) is 25.1 Å². The third-order valence-corrected chi connectivity index (χ3v) is 4.06. The molecule has 6 heteroatoms. The molecule has 1 saturated heterocycles. The number of carbonyl (C=O) groups is 1. The lowest BCUT2D eigenvalue weighted by Gasteiger charge is -2.38. The first-order valence-corrected chi connectivity index (χ1v) is 7.33. The van der Waals surface area contributed by atoms with E-state index < -0.39 is 30.3 Å². The maximum absolute atomic E-state index is 12.2. The number of nitrogens with one attached hydrogen (secondary N) is 1. The maximum Gasteiger partial charge on any atom is 0.409 e. The molecule has 1 fully saturated rings. The van der Waals surface area contributed by atoms with E-state index in [0.717, 1.165) is 0 Å². The zero-order valence-corrected chi connectivity index (χ0v) is 12.6. The van der Waals surface area contributed by atoms with Gasteiger partial charge in [-0.1, -0.05) is 30.2 Å². The second-order valence-corrected chi connectivity index (χ2v) is 5.46. The monoisotopic (exact) mass is 321 g/mol. The van der Waals surface area contributed by atoms with E-state index in [2.05, 4.69) is 5.16 Å². The van der Waals surface area contributed by atoms with Crippen molar-refractivity contribution in [3.05, 3.63) is 58.0 Å². The summed E-state index contributed by atoms with van der Waals surface area (Å²) in [5, 5.41) is 2.25. The fourth-order valence-corrected chi connectivity index (χ4v) is 2.97. The van der Waals surface area contributed by atoms with Crippen molar-refractivity contribution >= 4 is 6.09 Å². The van der Waals surface area contributed by atoms with Crippen molar-refractivity contribution in [2.75, 3.05) is 13.7 Å². The van der Waals surface area contributed by atoms with Crippen molar-refractivity contribution < 1.29 is 20.9 Å². The predicted molar refractivity (Wildman–Crippen MR) is 84.3 cm³/mol. The lowest BCUT2D eigenvalue weighted by molar-refractivity contribution is 0.0817. The zero-order valence-electron chi connectivity index (χ0n) is 17.6. The molecule has 0 bridgehead atoms. The van der Waals surface area contributed by atoms with Gasteiger partial charge in [0.1, 0.15) is 5.76 Å². The average Bonchev–Trinajstić information content (AvgIpc) is 3.13. The molecule has 2 atom stereocenters. The standard InChI is InChI=1S/C17H20N2O4/c1-22-17(21)19-8-7-13(15-11-16(20)18-23-15)10-14(19)9-12-5-3-2-4-6-12/h2-6,11,13-14H,7-10H2,1H3,(H,18,20)/t13-,14-/m1/s1/i2D,3D,4D,5D,6D. The summed E-state index contributed by atoms with van der Waals surface area (Å²) in [5.74, 6) is 0.329. The van der Waals surface area contributed by atoms with Gasteiger partial charge in [0.15, 0.2) is 0 Å². The summed E-state index contributed by atoms with van der Waals surface area (Å²) in [6.45, 7) is 0.329. The molecule has 0 radical (unpaired) electrons. The first-order valence-electron chi connectivity index (χ1n) is 9.83. The number of aromatic nitrogens is 1. The number of aromatic amines is 1. The molecule has 0 saturated carbocycles. The van der Waals surface area contributed by atoms with Crippen molar-refractivity contribution in [1.29, 1.82) is 0 Å². The van der Waals surface area contributed by atoms with Gasteiger partial charge in [-0.3, -0.25) is 4.79 Å². The highest BCUT2D eigenvalue weighted by Gasteiger charge is 2.34. The van der Waals surface area contributed by atoms with Gasteiger partial charge in [-0.15, -0.1) is 0 Å². The molecule has 2 aromatic rings. The van der Waals surface area contributed by atoms with Crippen molar-refractivity contribution in [2.24, 2.45) is 0 Å². The van der Waals surface area contributed by atoms with E-state index >= 15 is 0 Å². The van der Waals surface area contributed by atoms with Crippen LogP contribution < -0.4 is 5.56 Å². The molecule has 23 heavy (non-hydrogen) atoms. The Morgan fingerprint density at radius 2 is 2.26 bits per heavy atom. The van der Waals surface area contributed by atoms with Crippen LogP contribution in [0, 0.1) is 0 Å². The molecule has 1 aliphatic rings. The van der Waals surface area contributed by atoms with Crippen LogP contribution in [-0.4, -0.2) is 35.8 Å². The van der Waals surface area contributed by atoms with E-state index in [-0.39, 0.29) is 35.5 Å². The van der Waals surface area contributed by atoms with Crippen LogP contribution in [0.25, 0.3) is 0 Å². The summed E-state index contributed by atoms with van der Waals surface area (Å²) in [4.78, 5) is 25.1. The number of ether oxygens (including phenoxy) is 1. The summed E-state index contributed by atoms with van der Waals surface area (Å²) in [6, 6.07) is -0.972. The molecule has 6 nitrogen and oxygen atoms in total. The third kappa shape index (κ3) is 3.47. The molecule has 1 aliphatic heterocycles. The Morgan fingerprint density at radius 1 is 1.48 bits per heavy atom. The minimum Gasteiger partial charge on any atom is -0.453 e. The van der Waals surface area contributed by atoms with Gasteiger partial charge in [-0.25, -0.2) is 4.79 Å². The van der Waals surface area contributed by atoms with Crippen molar-refractivity contribution in [2.45, 2.75) is 31.2 Å². The van der Waals surface area contributed by atoms with Gasteiger partial charge >= 0.3 is 6.09 Å². The van der Waals surface area contributed by atoms with E-state index in [9.17, 15) is 9.59 Å². The number of H-pyrrole nitrogens is 1. The van der Waals surface area contributed by atoms with Crippen molar-refractivity contribution in [3.63, 3.8) is 0 Å². The molecular formula is C17H20N2O4. The second kappa shape index (κ2) is 6.73. The fourth-order valence-electron chi connectivity index (χ4n) is 2.97. The molecule has 3 rings (SSSR count). The molecule has 0 spiro atoms. The van der Waals surface area contributed by atoms with Gasteiger partial charge in [0, 0.05) is 24.6 Å². The van der Waals surface area contributed by atoms with Crippen LogP contribution in [0.5, 0.6) is 0 Å². The Labute approximate surface area is 141 Å². The topological polar surface area (TPSA) is 75.5 Å². The lowest BCUT2D eigenvalue weighted by atomic mass is 9.86. The number of piperidine rings is 1. The van der Waals surface area contributed by atoms with Crippen LogP contribution >= 0.6 is 0 Å². The first kappa shape index (κ1) is 10.3. The summed E-state index contributed by atoms with van der Waals surface area (Å²) in [7, 11) is 1.27. The highest BCUT2D eigenvalue weighted by molar-refractivity contribution is 5.68. The van der Waals surface area contributed by atoms with E-state index in [1.54, 1.807) is 0 Å². The van der Waals surface area contributed by atoms with Crippen molar-refractivity contribution in [1.82, 2.24) is 10.1 Å². The van der Waals surface area contributed by atoms with Gasteiger partial charge < -0.3 is 14.2 Å². The number of rotatable bonds is 3. The zero-order chi connectivity index (χ0) is 20.6. The van der Waals surface area contributed by atoms with Gasteiger partial charge in [0.2, 0.25) is 0 Å². The van der Waals surface area contributed by atoms with Crippen LogP contribution in [0.3, 0.4) is 0 Å². The Kier molecular flexibility index (Phi) is 3.01. The number of hydrogen-bond donors (Lipinski definition) is 1. The van der Waals surface area contributed by atoms with E-state index in [1.807, 2.05) is 0 Å². The number of benzene rings is 1. The first-order chi connectivity index (χ1) is 13.2. The quantitative estimate of drug-likeness (QED) is 0.942. The predicted octanol–water partition coefficient (Wildman–Crippen LogP) is 2.53. The smallest absolute Gasteiger partial charge is 0.409 e. The van der Waals surface area contributed by atoms with Crippen LogP contribution in [0.4, 0.5) is 4.79 Å². The lowest BCUT2D eigenvalue weighted by Crippen LogP contribution is -2.46. The normalized spacial score (nSPS) is 24.2. The van der Waals surface area contributed by atoms with Crippen molar-refractivity contribution in [3.8, 4) is 0 Å². The second-order valence-electron chi connectivity index (χ2n) is 5.46. The molecule has 1 N–H and O–H groups in total. The molecular weight excluding hydrogens is 296 g/mol. The highest BCUT2D eigenvalue weighted by atomic mass is 16.5. The average molecular weight is 321 g/mol. The molecule has 1 amide bonds. The molecule has 0 unspecified atom stereocenters. The summed E-state index contributed by atoms with van der Waals surface area (Å²) >= 11 is 0. The highest BCUT2D eigenvalue weighted by Crippen LogP contribution is 2.32. The van der Waals surface area contributed by atoms with Gasteiger partial charge in [0.25, 0.3) is 5.56 Å². The van der Waals surface area contributed by atoms with E-state index in [4.69, 9.17) is 16.1 Å². The third-order valence-electron chi connectivity index (χ3n) is 4.06. The number of methoxy groups -OCH3 is 1. The molecule has 0 aliphatic carbocycles. The Balaban J connectivity index is 1.95. The fraction of sp³-hybridized carbons (Fsp3) is 0.412. The van der Waals surface area contributed by atoms with Crippen LogP contribution in [-0.2, 0) is 11.2 Å². The number of amides is 1. The van der Waals surface area contributed by atoms with Gasteiger partial charge in [-0.05, 0) is 24.8 Å². The Morgan fingerprint density at radius 3 is 2.91 bits per heavy atom. The number of hydrogen-bond acceptors (Lipinski definition) is 4. The van der Waals surface area contributed by atoms with E-state index in [1.165, 1.54) is 18.1 Å². The number of likely N-dealkylation sites (tertiary alicyclic amines) is 1. The molecule has 1 aromatic heterocycles. The van der Waals surface area contributed by atoms with Crippen LogP contribution in [0.15, 0.2) is 45.6 Å². The summed E-state index contributed by atoms with van der Waals surface area (Å²) in [5.41, 5.74) is -0.214. The minimum absolute atomic E-state index is 0.0654. The van der Waals surface area contributed by atoms with Gasteiger partial charge in [0.05, 0.1) is 14.0 Å². The van der Waals surface area contributed by atoms with Crippen LogP contribution in [0.1, 0.15) is 36.9 Å². The summed E-state index contributed by atoms with van der Waals surface area (Å²) < 4.78 is 49.7. The molecule has 2 heterocycles. The minimum atomic E-state index is -0.550. The van der Waals surface area contributed by atoms with Gasteiger partial charge in [-0.2, -0.15) is 5.16 Å². The number of nitrogens with zero attached hydrogens (tertiary/aromatic N) is 1. The Bertz CT molecular complexity index is 929. The molecule has 1 aromatic carbocycles. The SMILES string of the molecule is [2H]c1c([2H])c([2H])c(C[C@@H]2C[C@H](c3cc(=O)[nH]o3)CCN2C(=O)OC)c([2H])c1[2H]. The summed E-state index contributed by atoms with van der Waals surface area (Å²) in [6.07, 6.45) is 0.465.